The average molecular weight is 486 g/mol. The van der Waals surface area contributed by atoms with Crippen molar-refractivity contribution in [3.8, 4) is 11.5 Å². The van der Waals surface area contributed by atoms with E-state index < -0.39 is 0 Å². The van der Waals surface area contributed by atoms with Crippen molar-refractivity contribution in [2.45, 2.75) is 26.2 Å². The highest BCUT2D eigenvalue weighted by Gasteiger charge is 2.16. The maximum atomic E-state index is 13.3. The van der Waals surface area contributed by atoms with Crippen molar-refractivity contribution in [2.24, 2.45) is 5.10 Å². The molecule has 2 aromatic carbocycles. The SMILES string of the molecule is CCOc1cc(/C=N\Nc2nc(Nc3ccc(F)cc3)nc(N3CCCCC3)n2)cc(Cl)c1O. The molecule has 0 saturated carbocycles. The van der Waals surface area contributed by atoms with Gasteiger partial charge in [0.05, 0.1) is 17.8 Å². The lowest BCUT2D eigenvalue weighted by molar-refractivity contribution is 0.318. The molecule has 1 fully saturated rings. The van der Waals surface area contributed by atoms with Gasteiger partial charge in [0.15, 0.2) is 11.5 Å². The minimum atomic E-state index is -0.325. The van der Waals surface area contributed by atoms with Gasteiger partial charge in [-0.25, -0.2) is 9.82 Å². The minimum absolute atomic E-state index is 0.117. The fraction of sp³-hybridized carbons (Fsp3) is 0.304. The van der Waals surface area contributed by atoms with Crippen LogP contribution in [-0.2, 0) is 0 Å². The number of aromatic hydroxyl groups is 1. The molecule has 2 heterocycles. The lowest BCUT2D eigenvalue weighted by atomic mass is 10.1. The number of halogens is 2. The van der Waals surface area contributed by atoms with Crippen LogP contribution in [0.5, 0.6) is 11.5 Å². The molecule has 0 unspecified atom stereocenters. The smallest absolute Gasteiger partial charge is 0.250 e. The Morgan fingerprint density at radius 1 is 1.12 bits per heavy atom. The van der Waals surface area contributed by atoms with Crippen LogP contribution in [0.25, 0.3) is 0 Å². The number of benzene rings is 2. The maximum absolute atomic E-state index is 13.3. The highest BCUT2D eigenvalue weighted by molar-refractivity contribution is 6.32. The van der Waals surface area contributed by atoms with Crippen molar-refractivity contribution in [3.63, 3.8) is 0 Å². The molecular weight excluding hydrogens is 461 g/mol. The summed E-state index contributed by atoms with van der Waals surface area (Å²) in [4.78, 5) is 15.5. The summed E-state index contributed by atoms with van der Waals surface area (Å²) in [5.74, 6) is 0.915. The molecule has 11 heteroatoms. The summed E-state index contributed by atoms with van der Waals surface area (Å²) in [7, 11) is 0. The Hall–Kier alpha value is -3.66. The van der Waals surface area contributed by atoms with Gasteiger partial charge in [-0.15, -0.1) is 0 Å². The second-order valence-corrected chi connectivity index (χ2v) is 8.02. The lowest BCUT2D eigenvalue weighted by Crippen LogP contribution is -2.31. The topological polar surface area (TPSA) is 108 Å². The Balaban J connectivity index is 1.56. The molecule has 0 bridgehead atoms. The summed E-state index contributed by atoms with van der Waals surface area (Å²) in [6.45, 7) is 3.91. The summed E-state index contributed by atoms with van der Waals surface area (Å²) in [6, 6.07) is 9.13. The van der Waals surface area contributed by atoms with Gasteiger partial charge in [-0.2, -0.15) is 20.1 Å². The summed E-state index contributed by atoms with van der Waals surface area (Å²) >= 11 is 6.08. The molecular formula is C23H25ClFN7O2. The first-order valence-corrected chi connectivity index (χ1v) is 11.4. The molecule has 1 aromatic heterocycles. The number of hydrogen-bond donors (Lipinski definition) is 3. The van der Waals surface area contributed by atoms with E-state index in [1.165, 1.54) is 24.8 Å². The van der Waals surface area contributed by atoms with E-state index in [-0.39, 0.29) is 28.3 Å². The summed E-state index contributed by atoms with van der Waals surface area (Å²) in [5, 5.41) is 17.5. The van der Waals surface area contributed by atoms with Gasteiger partial charge in [0.2, 0.25) is 17.8 Å². The summed E-state index contributed by atoms with van der Waals surface area (Å²) in [5.41, 5.74) is 4.09. The van der Waals surface area contributed by atoms with Crippen LogP contribution < -0.4 is 20.4 Å². The van der Waals surface area contributed by atoms with E-state index >= 15 is 0 Å². The average Bonchev–Trinajstić information content (AvgIpc) is 2.84. The number of phenolic OH excluding ortho intramolecular Hbond substituents is 1. The fourth-order valence-electron chi connectivity index (χ4n) is 3.47. The molecule has 3 N–H and O–H groups in total. The predicted molar refractivity (Wildman–Crippen MR) is 131 cm³/mol. The molecule has 1 aliphatic rings. The van der Waals surface area contributed by atoms with Crippen LogP contribution in [0.15, 0.2) is 41.5 Å². The van der Waals surface area contributed by atoms with Crippen molar-refractivity contribution >= 4 is 41.3 Å². The Morgan fingerprint density at radius 3 is 2.59 bits per heavy atom. The molecule has 3 aromatic rings. The molecule has 178 valence electrons. The second-order valence-electron chi connectivity index (χ2n) is 7.61. The van der Waals surface area contributed by atoms with Crippen LogP contribution in [0.2, 0.25) is 5.02 Å². The predicted octanol–water partition coefficient (Wildman–Crippen LogP) is 4.95. The van der Waals surface area contributed by atoms with E-state index in [0.29, 0.717) is 29.8 Å². The highest BCUT2D eigenvalue weighted by atomic mass is 35.5. The summed E-state index contributed by atoms with van der Waals surface area (Å²) < 4.78 is 18.7. The first kappa shape index (κ1) is 23.5. The molecule has 0 radical (unpaired) electrons. The molecule has 9 nitrogen and oxygen atoms in total. The van der Waals surface area contributed by atoms with Gasteiger partial charge in [0.1, 0.15) is 5.82 Å². The Kier molecular flexibility index (Phi) is 7.58. The van der Waals surface area contributed by atoms with E-state index in [4.69, 9.17) is 16.3 Å². The van der Waals surface area contributed by atoms with Crippen molar-refractivity contribution in [2.75, 3.05) is 35.3 Å². The van der Waals surface area contributed by atoms with Gasteiger partial charge >= 0.3 is 0 Å². The zero-order valence-electron chi connectivity index (χ0n) is 18.6. The van der Waals surface area contributed by atoms with E-state index in [0.717, 1.165) is 25.9 Å². The van der Waals surface area contributed by atoms with E-state index in [1.807, 2.05) is 6.92 Å². The van der Waals surface area contributed by atoms with Gasteiger partial charge in [-0.1, -0.05) is 11.6 Å². The number of aromatic nitrogens is 3. The third kappa shape index (κ3) is 6.02. The number of piperidine rings is 1. The van der Waals surface area contributed by atoms with Gasteiger partial charge < -0.3 is 20.1 Å². The van der Waals surface area contributed by atoms with Crippen molar-refractivity contribution < 1.29 is 14.2 Å². The molecule has 4 rings (SSSR count). The van der Waals surface area contributed by atoms with E-state index in [2.05, 4.69) is 35.7 Å². The van der Waals surface area contributed by atoms with Crippen molar-refractivity contribution in [3.05, 3.63) is 52.8 Å². The first-order valence-electron chi connectivity index (χ1n) is 11.0. The van der Waals surface area contributed by atoms with E-state index in [9.17, 15) is 9.50 Å². The number of anilines is 4. The van der Waals surface area contributed by atoms with Crippen LogP contribution in [0.4, 0.5) is 27.9 Å². The zero-order valence-corrected chi connectivity index (χ0v) is 19.4. The van der Waals surface area contributed by atoms with Crippen molar-refractivity contribution in [1.82, 2.24) is 15.0 Å². The third-order valence-electron chi connectivity index (χ3n) is 5.09. The van der Waals surface area contributed by atoms with Crippen molar-refractivity contribution in [1.29, 1.82) is 0 Å². The standard InChI is InChI=1S/C23H25ClFN7O2/c1-2-34-19-13-15(12-18(24)20(19)33)14-26-31-22-28-21(27-17-8-6-16(25)7-9-17)29-23(30-22)32-10-4-3-5-11-32/h6-9,12-14,33H,2-5,10-11H2,1H3,(H2,27,28,29,30,31)/b26-14-. The third-order valence-corrected chi connectivity index (χ3v) is 5.38. The molecule has 0 amide bonds. The van der Waals surface area contributed by atoms with Crippen LogP contribution in [0.1, 0.15) is 31.7 Å². The number of phenols is 1. The fourth-order valence-corrected chi connectivity index (χ4v) is 3.69. The normalized spacial score (nSPS) is 13.8. The molecule has 0 atom stereocenters. The molecule has 34 heavy (non-hydrogen) atoms. The van der Waals surface area contributed by atoms with Crippen LogP contribution in [-0.4, -0.2) is 46.0 Å². The minimum Gasteiger partial charge on any atom is -0.503 e. The van der Waals surface area contributed by atoms with Gasteiger partial charge in [0, 0.05) is 18.8 Å². The monoisotopic (exact) mass is 485 g/mol. The second kappa shape index (κ2) is 11.0. The quantitative estimate of drug-likeness (QED) is 0.304. The molecule has 0 aliphatic carbocycles. The zero-order chi connectivity index (χ0) is 23.9. The first-order chi connectivity index (χ1) is 16.5. The van der Waals surface area contributed by atoms with Gasteiger partial charge in [-0.3, -0.25) is 0 Å². The molecule has 1 aliphatic heterocycles. The van der Waals surface area contributed by atoms with Gasteiger partial charge in [-0.05, 0) is 68.1 Å². The molecule has 0 spiro atoms. The highest BCUT2D eigenvalue weighted by Crippen LogP contribution is 2.34. The lowest BCUT2D eigenvalue weighted by Gasteiger charge is -2.26. The Labute approximate surface area is 201 Å². The largest absolute Gasteiger partial charge is 0.503 e. The summed E-state index contributed by atoms with van der Waals surface area (Å²) in [6.07, 6.45) is 4.83. The van der Waals surface area contributed by atoms with Crippen LogP contribution in [0, 0.1) is 5.82 Å². The number of nitrogens with one attached hydrogen (secondary N) is 2. The van der Waals surface area contributed by atoms with Crippen LogP contribution in [0.3, 0.4) is 0 Å². The van der Waals surface area contributed by atoms with Gasteiger partial charge in [0.25, 0.3) is 0 Å². The number of rotatable bonds is 8. The molecule has 1 saturated heterocycles. The maximum Gasteiger partial charge on any atom is 0.250 e. The number of nitrogens with zero attached hydrogens (tertiary/aromatic N) is 5. The number of ether oxygens (including phenoxy) is 1. The number of hydrogen-bond acceptors (Lipinski definition) is 9. The number of hydrazone groups is 1. The van der Waals surface area contributed by atoms with E-state index in [1.54, 1.807) is 24.3 Å². The van der Waals surface area contributed by atoms with Crippen LogP contribution >= 0.6 is 11.6 Å². The Bertz CT molecular complexity index is 1150. The Morgan fingerprint density at radius 2 is 1.85 bits per heavy atom.